The predicted molar refractivity (Wildman–Crippen MR) is 73.8 cm³/mol. The van der Waals surface area contributed by atoms with Gasteiger partial charge < -0.3 is 4.90 Å². The van der Waals surface area contributed by atoms with E-state index in [1.54, 1.807) is 0 Å². The summed E-state index contributed by atoms with van der Waals surface area (Å²) in [5, 5.41) is 0. The van der Waals surface area contributed by atoms with Crippen LogP contribution in [0.25, 0.3) is 0 Å². The highest BCUT2D eigenvalue weighted by Crippen LogP contribution is 2.17. The second-order valence-corrected chi connectivity index (χ2v) is 5.49. The van der Waals surface area contributed by atoms with Gasteiger partial charge in [0.15, 0.2) is 5.78 Å². The molecule has 1 saturated heterocycles. The molecule has 0 saturated carbocycles. The molecule has 5 heteroatoms. The molecule has 0 spiro atoms. The summed E-state index contributed by atoms with van der Waals surface area (Å²) in [6.45, 7) is 1.65. The van der Waals surface area contributed by atoms with E-state index in [0.717, 1.165) is 38.1 Å². The molecular formula is C15H20F2N2O. The average molecular weight is 282 g/mol. The number of benzene rings is 1. The number of likely N-dealkylation sites (tertiary alicyclic amines) is 1. The Kier molecular flexibility index (Phi) is 4.83. The normalized spacial score (nSPS) is 17.6. The van der Waals surface area contributed by atoms with Gasteiger partial charge in [0.25, 0.3) is 0 Å². The van der Waals surface area contributed by atoms with Gasteiger partial charge in [0.1, 0.15) is 11.6 Å². The molecule has 0 atom stereocenters. The number of ketones is 1. The molecule has 20 heavy (non-hydrogen) atoms. The van der Waals surface area contributed by atoms with Gasteiger partial charge in [-0.3, -0.25) is 9.69 Å². The minimum atomic E-state index is -0.779. The molecule has 0 aliphatic carbocycles. The quantitative estimate of drug-likeness (QED) is 0.791. The molecule has 1 aromatic carbocycles. The van der Waals surface area contributed by atoms with E-state index in [-0.39, 0.29) is 6.54 Å². The maximum atomic E-state index is 13.5. The predicted octanol–water partition coefficient (Wildman–Crippen LogP) is 2.17. The highest BCUT2D eigenvalue weighted by Gasteiger charge is 2.24. The van der Waals surface area contributed by atoms with Crippen LogP contribution in [-0.4, -0.2) is 55.4 Å². The van der Waals surface area contributed by atoms with E-state index in [9.17, 15) is 13.6 Å². The molecule has 0 unspecified atom stereocenters. The van der Waals surface area contributed by atoms with E-state index in [0.29, 0.717) is 6.04 Å². The van der Waals surface area contributed by atoms with Gasteiger partial charge in [-0.25, -0.2) is 8.78 Å². The second kappa shape index (κ2) is 6.41. The number of halogens is 2. The van der Waals surface area contributed by atoms with Crippen molar-refractivity contribution in [2.75, 3.05) is 33.7 Å². The van der Waals surface area contributed by atoms with Crippen molar-refractivity contribution in [1.29, 1.82) is 0 Å². The largest absolute Gasteiger partial charge is 0.306 e. The maximum Gasteiger partial charge on any atom is 0.182 e. The van der Waals surface area contributed by atoms with Crippen molar-refractivity contribution < 1.29 is 13.6 Å². The van der Waals surface area contributed by atoms with E-state index in [4.69, 9.17) is 0 Å². The number of rotatable bonds is 4. The summed E-state index contributed by atoms with van der Waals surface area (Å²) >= 11 is 0. The first-order valence-corrected chi connectivity index (χ1v) is 6.85. The molecule has 2 rings (SSSR count). The number of piperidine rings is 1. The Labute approximate surface area is 118 Å². The zero-order valence-corrected chi connectivity index (χ0v) is 11.9. The van der Waals surface area contributed by atoms with Crippen molar-refractivity contribution in [2.24, 2.45) is 0 Å². The van der Waals surface area contributed by atoms with Crippen molar-refractivity contribution in [2.45, 2.75) is 18.9 Å². The zero-order valence-electron chi connectivity index (χ0n) is 11.9. The van der Waals surface area contributed by atoms with Crippen molar-refractivity contribution >= 4 is 5.78 Å². The summed E-state index contributed by atoms with van der Waals surface area (Å²) in [4.78, 5) is 16.2. The first-order chi connectivity index (χ1) is 9.49. The van der Waals surface area contributed by atoms with Crippen molar-refractivity contribution in [3.63, 3.8) is 0 Å². The lowest BCUT2D eigenvalue weighted by Gasteiger charge is -2.34. The van der Waals surface area contributed by atoms with Gasteiger partial charge >= 0.3 is 0 Å². The number of hydrogen-bond donors (Lipinski definition) is 0. The van der Waals surface area contributed by atoms with Crippen LogP contribution in [0.1, 0.15) is 23.2 Å². The summed E-state index contributed by atoms with van der Waals surface area (Å²) in [5.41, 5.74) is -0.415. The van der Waals surface area contributed by atoms with Gasteiger partial charge in [0, 0.05) is 19.1 Å². The molecular weight excluding hydrogens is 262 g/mol. The standard InChI is InChI=1S/C15H20F2N2O/c1-18(2)11-6-8-19(9-7-11)10-14(20)15-12(16)4-3-5-13(15)17/h3-5,11H,6-10H2,1-2H3. The Morgan fingerprint density at radius 3 is 2.30 bits per heavy atom. The van der Waals surface area contributed by atoms with Gasteiger partial charge in [-0.1, -0.05) is 6.07 Å². The third-order valence-corrected chi connectivity index (χ3v) is 3.90. The summed E-state index contributed by atoms with van der Waals surface area (Å²) in [7, 11) is 4.08. The number of nitrogens with zero attached hydrogens (tertiary/aromatic N) is 2. The van der Waals surface area contributed by atoms with E-state index >= 15 is 0 Å². The van der Waals surface area contributed by atoms with Crippen LogP contribution in [0.5, 0.6) is 0 Å². The third-order valence-electron chi connectivity index (χ3n) is 3.90. The first-order valence-electron chi connectivity index (χ1n) is 6.85. The molecule has 1 fully saturated rings. The minimum Gasteiger partial charge on any atom is -0.306 e. The van der Waals surface area contributed by atoms with Crippen LogP contribution in [0.4, 0.5) is 8.78 Å². The highest BCUT2D eigenvalue weighted by molar-refractivity contribution is 5.98. The molecule has 1 heterocycles. The average Bonchev–Trinajstić information content (AvgIpc) is 2.39. The molecule has 1 aromatic rings. The van der Waals surface area contributed by atoms with E-state index in [1.165, 1.54) is 6.07 Å². The summed E-state index contributed by atoms with van der Waals surface area (Å²) in [6, 6.07) is 4.03. The van der Waals surface area contributed by atoms with Crippen LogP contribution in [0.3, 0.4) is 0 Å². The smallest absolute Gasteiger partial charge is 0.182 e. The molecule has 0 bridgehead atoms. The van der Waals surface area contributed by atoms with E-state index in [2.05, 4.69) is 4.90 Å². The van der Waals surface area contributed by atoms with Gasteiger partial charge in [0.2, 0.25) is 0 Å². The molecule has 0 N–H and O–H groups in total. The Morgan fingerprint density at radius 1 is 1.25 bits per heavy atom. The Morgan fingerprint density at radius 2 is 1.80 bits per heavy atom. The topological polar surface area (TPSA) is 23.6 Å². The molecule has 1 aliphatic rings. The fraction of sp³-hybridized carbons (Fsp3) is 0.533. The third kappa shape index (κ3) is 3.41. The Balaban J connectivity index is 1.96. The van der Waals surface area contributed by atoms with Crippen LogP contribution in [0.15, 0.2) is 18.2 Å². The summed E-state index contributed by atoms with van der Waals surface area (Å²) < 4.78 is 27.1. The van der Waals surface area contributed by atoms with Crippen molar-refractivity contribution in [3.8, 4) is 0 Å². The van der Waals surface area contributed by atoms with Crippen molar-refractivity contribution in [1.82, 2.24) is 9.80 Å². The SMILES string of the molecule is CN(C)C1CCN(CC(=O)c2c(F)cccc2F)CC1. The first kappa shape index (κ1) is 15.1. The molecule has 110 valence electrons. The van der Waals surface area contributed by atoms with Crippen LogP contribution < -0.4 is 0 Å². The van der Waals surface area contributed by atoms with E-state index < -0.39 is 23.0 Å². The molecule has 0 amide bonds. The Hall–Kier alpha value is -1.33. The van der Waals surface area contributed by atoms with Crippen LogP contribution in [0.2, 0.25) is 0 Å². The Bertz CT molecular complexity index is 463. The lowest BCUT2D eigenvalue weighted by atomic mass is 10.0. The lowest BCUT2D eigenvalue weighted by molar-refractivity contribution is 0.0866. The van der Waals surface area contributed by atoms with Gasteiger partial charge in [-0.15, -0.1) is 0 Å². The van der Waals surface area contributed by atoms with Crippen LogP contribution in [-0.2, 0) is 0 Å². The fourth-order valence-electron chi connectivity index (χ4n) is 2.64. The van der Waals surface area contributed by atoms with Gasteiger partial charge in [-0.05, 0) is 39.1 Å². The molecule has 0 aromatic heterocycles. The van der Waals surface area contributed by atoms with Gasteiger partial charge in [0.05, 0.1) is 12.1 Å². The number of carbonyl (C=O) groups excluding carboxylic acids is 1. The molecule has 3 nitrogen and oxygen atoms in total. The lowest BCUT2D eigenvalue weighted by Crippen LogP contribution is -2.43. The second-order valence-electron chi connectivity index (χ2n) is 5.49. The number of Topliss-reactive ketones (excluding diaryl/α,β-unsaturated/α-hetero) is 1. The minimum absolute atomic E-state index is 0.0814. The fourth-order valence-corrected chi connectivity index (χ4v) is 2.64. The monoisotopic (exact) mass is 282 g/mol. The van der Waals surface area contributed by atoms with Crippen molar-refractivity contribution in [3.05, 3.63) is 35.4 Å². The maximum absolute atomic E-state index is 13.5. The summed E-state index contributed by atoms with van der Waals surface area (Å²) in [6.07, 6.45) is 1.94. The summed E-state index contributed by atoms with van der Waals surface area (Å²) in [5.74, 6) is -2.04. The molecule has 1 aliphatic heterocycles. The highest BCUT2D eigenvalue weighted by atomic mass is 19.1. The number of hydrogen-bond acceptors (Lipinski definition) is 3. The molecule has 0 radical (unpaired) electrons. The van der Waals surface area contributed by atoms with Crippen LogP contribution >= 0.6 is 0 Å². The van der Waals surface area contributed by atoms with E-state index in [1.807, 2.05) is 19.0 Å². The van der Waals surface area contributed by atoms with Gasteiger partial charge in [-0.2, -0.15) is 0 Å². The number of carbonyl (C=O) groups is 1. The zero-order chi connectivity index (χ0) is 14.7. The van der Waals surface area contributed by atoms with Crippen LogP contribution in [0, 0.1) is 11.6 Å².